The first kappa shape index (κ1) is 20.5. The Morgan fingerprint density at radius 2 is 1.92 bits per heavy atom. The van der Waals surface area contributed by atoms with Crippen LogP contribution in [0.4, 0.5) is 4.79 Å². The molecule has 1 rings (SSSR count). The summed E-state index contributed by atoms with van der Waals surface area (Å²) in [6, 6.07) is 9.42. The number of hydrogen-bond donors (Lipinski definition) is 3. The predicted molar refractivity (Wildman–Crippen MR) is 97.1 cm³/mol. The van der Waals surface area contributed by atoms with Crippen molar-refractivity contribution in [3.63, 3.8) is 0 Å². The van der Waals surface area contributed by atoms with Gasteiger partial charge in [-0.2, -0.15) is 0 Å². The van der Waals surface area contributed by atoms with Crippen molar-refractivity contribution in [2.24, 2.45) is 0 Å². The summed E-state index contributed by atoms with van der Waals surface area (Å²) < 4.78 is 5.32. The van der Waals surface area contributed by atoms with Crippen molar-refractivity contribution >= 4 is 6.09 Å². The van der Waals surface area contributed by atoms with Gasteiger partial charge in [-0.05, 0) is 45.7 Å². The predicted octanol–water partition coefficient (Wildman–Crippen LogP) is 2.87. The van der Waals surface area contributed by atoms with Crippen LogP contribution in [0.5, 0.6) is 0 Å². The average Bonchev–Trinajstić information content (AvgIpc) is 2.50. The molecule has 0 unspecified atom stereocenters. The van der Waals surface area contributed by atoms with E-state index in [9.17, 15) is 9.90 Å². The number of amides is 1. The highest BCUT2D eigenvalue weighted by Crippen LogP contribution is 2.10. The number of nitrogens with one attached hydrogen (secondary N) is 2. The smallest absolute Gasteiger partial charge is 0.407 e. The van der Waals surface area contributed by atoms with E-state index >= 15 is 0 Å². The Bertz CT molecular complexity index is 471. The zero-order valence-corrected chi connectivity index (χ0v) is 15.3. The first-order valence-corrected chi connectivity index (χ1v) is 8.74. The topological polar surface area (TPSA) is 70.6 Å². The number of aliphatic hydroxyl groups excluding tert-OH is 1. The fraction of sp³-hybridized carbons (Fsp3) is 0.632. The van der Waals surface area contributed by atoms with Crippen LogP contribution in [-0.4, -0.2) is 42.0 Å². The highest BCUT2D eigenvalue weighted by molar-refractivity contribution is 5.68. The summed E-state index contributed by atoms with van der Waals surface area (Å²) in [5.74, 6) is 0. The van der Waals surface area contributed by atoms with Crippen LogP contribution in [0.1, 0.15) is 46.1 Å². The van der Waals surface area contributed by atoms with E-state index < -0.39 is 23.8 Å². The molecule has 2 atom stereocenters. The maximum absolute atomic E-state index is 12.1. The molecular weight excluding hydrogens is 304 g/mol. The van der Waals surface area contributed by atoms with Gasteiger partial charge in [0.2, 0.25) is 0 Å². The molecule has 3 N–H and O–H groups in total. The molecule has 1 aromatic rings. The number of carbonyl (C=O) groups excluding carboxylic acids is 1. The highest BCUT2D eigenvalue weighted by atomic mass is 16.6. The Balaban J connectivity index is 2.65. The van der Waals surface area contributed by atoms with Crippen molar-refractivity contribution in [1.29, 1.82) is 0 Å². The van der Waals surface area contributed by atoms with Crippen molar-refractivity contribution < 1.29 is 14.6 Å². The quantitative estimate of drug-likeness (QED) is 0.607. The molecule has 0 spiro atoms. The zero-order chi connectivity index (χ0) is 18.0. The lowest BCUT2D eigenvalue weighted by atomic mass is 10.0. The Hall–Kier alpha value is -1.59. The number of unbranched alkanes of at least 4 members (excludes halogenated alkanes) is 1. The van der Waals surface area contributed by atoms with Crippen LogP contribution < -0.4 is 10.6 Å². The Morgan fingerprint density at radius 1 is 1.25 bits per heavy atom. The van der Waals surface area contributed by atoms with Crippen molar-refractivity contribution in [3.05, 3.63) is 35.9 Å². The summed E-state index contributed by atoms with van der Waals surface area (Å²) in [7, 11) is 0. The minimum Gasteiger partial charge on any atom is -0.444 e. The SMILES string of the molecule is CCCCNC[C@@H](O)[C@H](Cc1ccccc1)NC(=O)OC(C)(C)C. The summed E-state index contributed by atoms with van der Waals surface area (Å²) in [5, 5.41) is 16.5. The maximum atomic E-state index is 12.1. The highest BCUT2D eigenvalue weighted by Gasteiger charge is 2.24. The Labute approximate surface area is 145 Å². The van der Waals surface area contributed by atoms with E-state index in [0.717, 1.165) is 24.9 Å². The van der Waals surface area contributed by atoms with Crippen LogP contribution in [0, 0.1) is 0 Å². The molecule has 0 bridgehead atoms. The number of benzene rings is 1. The third kappa shape index (κ3) is 8.89. The molecule has 0 aliphatic heterocycles. The number of aliphatic hydroxyl groups is 1. The van der Waals surface area contributed by atoms with Crippen LogP contribution in [0.3, 0.4) is 0 Å². The van der Waals surface area contributed by atoms with Crippen LogP contribution >= 0.6 is 0 Å². The standard InChI is InChI=1S/C19H32N2O3/c1-5-6-12-20-14-17(22)16(13-15-10-8-7-9-11-15)21-18(23)24-19(2,3)4/h7-11,16-17,20,22H,5-6,12-14H2,1-4H3,(H,21,23)/t16-,17+/m0/s1. The van der Waals surface area contributed by atoms with Crippen LogP contribution in [0.2, 0.25) is 0 Å². The molecule has 0 saturated heterocycles. The minimum atomic E-state index is -0.686. The third-order valence-electron chi connectivity index (χ3n) is 3.53. The second-order valence-electron chi connectivity index (χ2n) is 7.07. The summed E-state index contributed by atoms with van der Waals surface area (Å²) in [6.07, 6.45) is 1.53. The van der Waals surface area contributed by atoms with E-state index in [1.807, 2.05) is 51.1 Å². The fourth-order valence-electron chi connectivity index (χ4n) is 2.30. The first-order valence-electron chi connectivity index (χ1n) is 8.74. The molecule has 136 valence electrons. The lowest BCUT2D eigenvalue weighted by Crippen LogP contribution is -2.50. The molecular formula is C19H32N2O3. The van der Waals surface area contributed by atoms with Crippen molar-refractivity contribution in [2.45, 2.75) is 64.7 Å². The normalized spacial score (nSPS) is 14.0. The van der Waals surface area contributed by atoms with E-state index in [1.165, 1.54) is 0 Å². The lowest BCUT2D eigenvalue weighted by molar-refractivity contribution is 0.0422. The maximum Gasteiger partial charge on any atom is 0.407 e. The van der Waals surface area contributed by atoms with Gasteiger partial charge in [0, 0.05) is 6.54 Å². The third-order valence-corrected chi connectivity index (χ3v) is 3.53. The molecule has 0 aliphatic rings. The number of rotatable bonds is 9. The molecule has 0 aromatic heterocycles. The lowest BCUT2D eigenvalue weighted by Gasteiger charge is -2.27. The van der Waals surface area contributed by atoms with Crippen molar-refractivity contribution in [1.82, 2.24) is 10.6 Å². The van der Waals surface area contributed by atoms with Crippen LogP contribution in [0.25, 0.3) is 0 Å². The molecule has 5 nitrogen and oxygen atoms in total. The van der Waals surface area contributed by atoms with Gasteiger partial charge < -0.3 is 20.5 Å². The number of ether oxygens (including phenoxy) is 1. The molecule has 1 aromatic carbocycles. The number of hydrogen-bond acceptors (Lipinski definition) is 4. The molecule has 0 fully saturated rings. The summed E-state index contributed by atoms with van der Waals surface area (Å²) in [4.78, 5) is 12.1. The van der Waals surface area contributed by atoms with Crippen molar-refractivity contribution in [2.75, 3.05) is 13.1 Å². The van der Waals surface area contributed by atoms with Crippen molar-refractivity contribution in [3.8, 4) is 0 Å². The molecule has 0 radical (unpaired) electrons. The average molecular weight is 336 g/mol. The molecule has 24 heavy (non-hydrogen) atoms. The van der Waals surface area contributed by atoms with E-state index in [1.54, 1.807) is 0 Å². The molecule has 1 amide bonds. The van der Waals surface area contributed by atoms with E-state index in [0.29, 0.717) is 13.0 Å². The summed E-state index contributed by atoms with van der Waals surface area (Å²) in [6.45, 7) is 8.89. The van der Waals surface area contributed by atoms with Gasteiger partial charge in [0.25, 0.3) is 0 Å². The van der Waals surface area contributed by atoms with Gasteiger partial charge in [-0.1, -0.05) is 43.7 Å². The summed E-state index contributed by atoms with van der Waals surface area (Å²) >= 11 is 0. The largest absolute Gasteiger partial charge is 0.444 e. The molecule has 0 heterocycles. The number of carbonyl (C=O) groups is 1. The Morgan fingerprint density at radius 3 is 2.50 bits per heavy atom. The fourth-order valence-corrected chi connectivity index (χ4v) is 2.30. The van der Waals surface area contributed by atoms with E-state index in [4.69, 9.17) is 4.74 Å². The van der Waals surface area contributed by atoms with Gasteiger partial charge in [0.05, 0.1) is 12.1 Å². The number of alkyl carbamates (subject to hydrolysis) is 1. The first-order chi connectivity index (χ1) is 11.3. The molecule has 5 heteroatoms. The van der Waals surface area contributed by atoms with Gasteiger partial charge in [-0.15, -0.1) is 0 Å². The minimum absolute atomic E-state index is 0.406. The molecule has 0 saturated carbocycles. The van der Waals surface area contributed by atoms with Crippen LogP contribution in [-0.2, 0) is 11.2 Å². The van der Waals surface area contributed by atoms with Crippen LogP contribution in [0.15, 0.2) is 30.3 Å². The second kappa shape index (κ2) is 10.3. The Kier molecular flexibility index (Phi) is 8.79. The van der Waals surface area contributed by atoms with Gasteiger partial charge in [0.1, 0.15) is 5.60 Å². The second-order valence-corrected chi connectivity index (χ2v) is 7.07. The van der Waals surface area contributed by atoms with Gasteiger partial charge in [-0.3, -0.25) is 0 Å². The molecule has 0 aliphatic carbocycles. The summed E-state index contributed by atoms with van der Waals surface area (Å²) in [5.41, 5.74) is 0.497. The van der Waals surface area contributed by atoms with E-state index in [2.05, 4.69) is 17.6 Å². The zero-order valence-electron chi connectivity index (χ0n) is 15.3. The van der Waals surface area contributed by atoms with Gasteiger partial charge >= 0.3 is 6.09 Å². The van der Waals surface area contributed by atoms with Gasteiger partial charge in [0.15, 0.2) is 0 Å². The van der Waals surface area contributed by atoms with Gasteiger partial charge in [-0.25, -0.2) is 4.79 Å². The van der Waals surface area contributed by atoms with E-state index in [-0.39, 0.29) is 0 Å². The monoisotopic (exact) mass is 336 g/mol.